The molecule has 0 bridgehead atoms. The summed E-state index contributed by atoms with van der Waals surface area (Å²) in [5, 5.41) is 12.1. The molecule has 0 spiro atoms. The van der Waals surface area contributed by atoms with Gasteiger partial charge in [0.1, 0.15) is 10.7 Å². The van der Waals surface area contributed by atoms with Crippen molar-refractivity contribution in [1.82, 2.24) is 15.2 Å². The van der Waals surface area contributed by atoms with Crippen molar-refractivity contribution in [1.29, 1.82) is 0 Å². The van der Waals surface area contributed by atoms with E-state index in [9.17, 15) is 4.79 Å². The minimum Gasteiger partial charge on any atom is -0.295 e. The summed E-state index contributed by atoms with van der Waals surface area (Å²) in [6.45, 7) is 3.93. The first-order valence-electron chi connectivity index (χ1n) is 5.76. The van der Waals surface area contributed by atoms with Gasteiger partial charge in [-0.2, -0.15) is 0 Å². The quantitative estimate of drug-likeness (QED) is 0.919. The highest BCUT2D eigenvalue weighted by atomic mass is 32.1. The van der Waals surface area contributed by atoms with E-state index in [0.717, 1.165) is 23.5 Å². The van der Waals surface area contributed by atoms with E-state index in [1.165, 1.54) is 11.3 Å². The van der Waals surface area contributed by atoms with Gasteiger partial charge in [-0.25, -0.2) is 4.98 Å². The number of amides is 1. The Morgan fingerprint density at radius 2 is 2.22 bits per heavy atom. The van der Waals surface area contributed by atoms with E-state index >= 15 is 0 Å². The van der Waals surface area contributed by atoms with Crippen molar-refractivity contribution in [3.63, 3.8) is 0 Å². The molecule has 2 heterocycles. The fourth-order valence-corrected chi connectivity index (χ4v) is 2.29. The van der Waals surface area contributed by atoms with E-state index in [2.05, 4.69) is 27.4 Å². The Kier molecular flexibility index (Phi) is 3.99. The molecule has 6 heteroatoms. The Balaban J connectivity index is 2.06. The number of rotatable bonds is 4. The highest BCUT2D eigenvalue weighted by Gasteiger charge is 2.10. The van der Waals surface area contributed by atoms with Gasteiger partial charge in [0.2, 0.25) is 5.13 Å². The van der Waals surface area contributed by atoms with Crippen LogP contribution in [0.15, 0.2) is 18.2 Å². The van der Waals surface area contributed by atoms with Gasteiger partial charge in [0, 0.05) is 12.1 Å². The molecule has 0 aliphatic carbocycles. The monoisotopic (exact) mass is 262 g/mol. The zero-order chi connectivity index (χ0) is 13.0. The lowest BCUT2D eigenvalue weighted by molar-refractivity contribution is 0.102. The number of nitrogens with one attached hydrogen (secondary N) is 1. The molecule has 1 N–H and O–H groups in total. The molecule has 2 aromatic heterocycles. The van der Waals surface area contributed by atoms with Crippen LogP contribution in [0.4, 0.5) is 5.13 Å². The van der Waals surface area contributed by atoms with E-state index in [4.69, 9.17) is 0 Å². The van der Waals surface area contributed by atoms with Gasteiger partial charge < -0.3 is 0 Å². The predicted molar refractivity (Wildman–Crippen MR) is 70.8 cm³/mol. The van der Waals surface area contributed by atoms with Crippen LogP contribution in [0.3, 0.4) is 0 Å². The molecule has 0 saturated carbocycles. The first-order valence-corrected chi connectivity index (χ1v) is 6.58. The lowest BCUT2D eigenvalue weighted by Crippen LogP contribution is -2.13. The van der Waals surface area contributed by atoms with Gasteiger partial charge in [-0.05, 0) is 25.5 Å². The Labute approximate surface area is 109 Å². The number of pyridine rings is 1. The zero-order valence-electron chi connectivity index (χ0n) is 10.3. The molecular formula is C12H14N4OS. The molecule has 0 atom stereocenters. The van der Waals surface area contributed by atoms with Crippen LogP contribution in [0, 0.1) is 6.92 Å². The van der Waals surface area contributed by atoms with E-state index in [1.54, 1.807) is 12.1 Å². The number of hydrogen-bond acceptors (Lipinski definition) is 5. The Bertz CT molecular complexity index is 553. The molecule has 5 nitrogen and oxygen atoms in total. The summed E-state index contributed by atoms with van der Waals surface area (Å²) in [5.41, 5.74) is 1.20. The van der Waals surface area contributed by atoms with Gasteiger partial charge in [-0.15, -0.1) is 10.2 Å². The number of nitrogens with zero attached hydrogens (tertiary/aromatic N) is 3. The second kappa shape index (κ2) is 5.68. The molecule has 0 aromatic carbocycles. The third kappa shape index (κ3) is 3.10. The summed E-state index contributed by atoms with van der Waals surface area (Å²) < 4.78 is 0. The third-order valence-corrected chi connectivity index (χ3v) is 3.17. The van der Waals surface area contributed by atoms with Crippen molar-refractivity contribution >= 4 is 22.4 Å². The van der Waals surface area contributed by atoms with E-state index in [1.807, 2.05) is 13.0 Å². The normalized spacial score (nSPS) is 10.3. The molecule has 1 amide bonds. The summed E-state index contributed by atoms with van der Waals surface area (Å²) in [6.07, 6.45) is 1.90. The van der Waals surface area contributed by atoms with E-state index in [-0.39, 0.29) is 5.91 Å². The van der Waals surface area contributed by atoms with Gasteiger partial charge in [-0.3, -0.25) is 10.1 Å². The fourth-order valence-electron chi connectivity index (χ4n) is 1.45. The number of carbonyl (C=O) groups is 1. The maximum Gasteiger partial charge on any atom is 0.276 e. The van der Waals surface area contributed by atoms with Gasteiger partial charge in [0.15, 0.2) is 0 Å². The minimum absolute atomic E-state index is 0.252. The Hall–Kier alpha value is -1.82. The molecule has 0 fully saturated rings. The molecule has 0 unspecified atom stereocenters. The van der Waals surface area contributed by atoms with Crippen LogP contribution in [0.25, 0.3) is 0 Å². The Morgan fingerprint density at radius 3 is 2.94 bits per heavy atom. The van der Waals surface area contributed by atoms with Crippen LogP contribution < -0.4 is 5.32 Å². The minimum atomic E-state index is -0.252. The lowest BCUT2D eigenvalue weighted by Gasteiger charge is -2.00. The van der Waals surface area contributed by atoms with Gasteiger partial charge in [0.05, 0.1) is 0 Å². The first-order chi connectivity index (χ1) is 8.69. The molecular weight excluding hydrogens is 248 g/mol. The summed E-state index contributed by atoms with van der Waals surface area (Å²) in [6, 6.07) is 5.33. The number of carbonyl (C=O) groups excluding carboxylic acids is 1. The van der Waals surface area contributed by atoms with Crippen LogP contribution in [0.5, 0.6) is 0 Å². The molecule has 94 valence electrons. The highest BCUT2D eigenvalue weighted by Crippen LogP contribution is 2.17. The largest absolute Gasteiger partial charge is 0.295 e. The smallest absolute Gasteiger partial charge is 0.276 e. The highest BCUT2D eigenvalue weighted by molar-refractivity contribution is 7.15. The lowest BCUT2D eigenvalue weighted by atomic mass is 10.3. The number of hydrogen-bond donors (Lipinski definition) is 1. The summed E-state index contributed by atoms with van der Waals surface area (Å²) >= 11 is 1.40. The van der Waals surface area contributed by atoms with Crippen molar-refractivity contribution in [2.75, 3.05) is 5.32 Å². The molecule has 0 radical (unpaired) electrons. The SMILES string of the molecule is CCCc1nnc(NC(=O)c2cccc(C)n2)s1. The van der Waals surface area contributed by atoms with E-state index < -0.39 is 0 Å². The van der Waals surface area contributed by atoms with Crippen LogP contribution in [-0.2, 0) is 6.42 Å². The Morgan fingerprint density at radius 1 is 1.39 bits per heavy atom. The molecule has 2 aromatic rings. The second-order valence-electron chi connectivity index (χ2n) is 3.87. The maximum absolute atomic E-state index is 11.9. The van der Waals surface area contributed by atoms with Crippen molar-refractivity contribution < 1.29 is 4.79 Å². The van der Waals surface area contributed by atoms with Crippen LogP contribution in [0.2, 0.25) is 0 Å². The average Bonchev–Trinajstić information content (AvgIpc) is 2.77. The second-order valence-corrected chi connectivity index (χ2v) is 4.93. The predicted octanol–water partition coefficient (Wildman–Crippen LogP) is 2.45. The topological polar surface area (TPSA) is 67.8 Å². The van der Waals surface area contributed by atoms with Crippen molar-refractivity contribution in [3.8, 4) is 0 Å². The third-order valence-electron chi connectivity index (χ3n) is 2.27. The maximum atomic E-state index is 11.9. The van der Waals surface area contributed by atoms with Gasteiger partial charge in [0.25, 0.3) is 5.91 Å². The van der Waals surface area contributed by atoms with Gasteiger partial charge >= 0.3 is 0 Å². The molecule has 0 aliphatic heterocycles. The van der Waals surface area contributed by atoms with Crippen LogP contribution in [0.1, 0.15) is 34.5 Å². The zero-order valence-corrected chi connectivity index (χ0v) is 11.1. The number of anilines is 1. The molecule has 2 rings (SSSR count). The van der Waals surface area contributed by atoms with Gasteiger partial charge in [-0.1, -0.05) is 24.3 Å². The fraction of sp³-hybridized carbons (Fsp3) is 0.333. The van der Waals surface area contributed by atoms with Crippen molar-refractivity contribution in [2.45, 2.75) is 26.7 Å². The van der Waals surface area contributed by atoms with Crippen LogP contribution in [-0.4, -0.2) is 21.1 Å². The summed E-state index contributed by atoms with van der Waals surface area (Å²) in [4.78, 5) is 16.1. The summed E-state index contributed by atoms with van der Waals surface area (Å²) in [7, 11) is 0. The molecule has 18 heavy (non-hydrogen) atoms. The molecule has 0 saturated heterocycles. The first kappa shape index (κ1) is 12.6. The average molecular weight is 262 g/mol. The van der Waals surface area contributed by atoms with Crippen molar-refractivity contribution in [2.24, 2.45) is 0 Å². The van der Waals surface area contributed by atoms with Crippen molar-refractivity contribution in [3.05, 3.63) is 34.6 Å². The van der Waals surface area contributed by atoms with E-state index in [0.29, 0.717) is 10.8 Å². The number of aromatic nitrogens is 3. The number of aryl methyl sites for hydroxylation is 2. The van der Waals surface area contributed by atoms with Crippen LogP contribution >= 0.6 is 11.3 Å². The standard InChI is InChI=1S/C12H14N4OS/c1-3-5-10-15-16-12(18-10)14-11(17)9-7-4-6-8(2)13-9/h4,6-7H,3,5H2,1-2H3,(H,14,16,17). The molecule has 0 aliphatic rings. The summed E-state index contributed by atoms with van der Waals surface area (Å²) in [5.74, 6) is -0.252.